The van der Waals surface area contributed by atoms with Crippen molar-refractivity contribution in [1.82, 2.24) is 15.1 Å². The number of pyridine rings is 1. The van der Waals surface area contributed by atoms with Gasteiger partial charge < -0.3 is 9.63 Å². The van der Waals surface area contributed by atoms with Crippen molar-refractivity contribution in [2.24, 2.45) is 0 Å². The molecule has 0 atom stereocenters. The molecule has 0 saturated heterocycles. The number of hydrogen-bond acceptors (Lipinski definition) is 5. The lowest BCUT2D eigenvalue weighted by molar-refractivity contribution is 0.423. The topological polar surface area (TPSA) is 72.0 Å². The van der Waals surface area contributed by atoms with E-state index in [0.717, 1.165) is 16.7 Å². The van der Waals surface area contributed by atoms with Gasteiger partial charge in [0.05, 0.1) is 0 Å². The lowest BCUT2D eigenvalue weighted by Gasteiger charge is -2.00. The zero-order valence-electron chi connectivity index (χ0n) is 10.9. The smallest absolute Gasteiger partial charge is 0.258 e. The predicted molar refractivity (Wildman–Crippen MR) is 73.2 cm³/mol. The standard InChI is InChI=1S/C15H13N3O2/c1-10-8-12(19)2-3-13(10)15-17-14(18-20-15)9-11-4-6-16-7-5-11/h2-8,19H,9H2,1H3. The Balaban J connectivity index is 1.87. The molecule has 0 spiro atoms. The van der Waals surface area contributed by atoms with E-state index in [0.29, 0.717) is 18.1 Å². The highest BCUT2D eigenvalue weighted by atomic mass is 16.5. The zero-order valence-corrected chi connectivity index (χ0v) is 10.9. The van der Waals surface area contributed by atoms with Crippen molar-refractivity contribution < 1.29 is 9.63 Å². The van der Waals surface area contributed by atoms with Crippen LogP contribution in [0.25, 0.3) is 11.5 Å². The highest BCUT2D eigenvalue weighted by molar-refractivity contribution is 5.59. The molecule has 0 aliphatic rings. The summed E-state index contributed by atoms with van der Waals surface area (Å²) in [5.41, 5.74) is 2.80. The quantitative estimate of drug-likeness (QED) is 0.790. The fourth-order valence-electron chi connectivity index (χ4n) is 2.01. The number of hydrogen-bond donors (Lipinski definition) is 1. The van der Waals surface area contributed by atoms with Gasteiger partial charge in [0.15, 0.2) is 5.82 Å². The molecular formula is C15H13N3O2. The Kier molecular flexibility index (Phi) is 3.16. The second kappa shape index (κ2) is 5.13. The molecular weight excluding hydrogens is 254 g/mol. The van der Waals surface area contributed by atoms with Crippen LogP contribution in [0.1, 0.15) is 17.0 Å². The van der Waals surface area contributed by atoms with Crippen molar-refractivity contribution in [3.05, 3.63) is 59.7 Å². The van der Waals surface area contributed by atoms with Gasteiger partial charge in [-0.2, -0.15) is 4.98 Å². The van der Waals surface area contributed by atoms with Crippen molar-refractivity contribution in [2.75, 3.05) is 0 Å². The van der Waals surface area contributed by atoms with Crippen molar-refractivity contribution in [3.8, 4) is 17.2 Å². The van der Waals surface area contributed by atoms with E-state index in [4.69, 9.17) is 4.52 Å². The summed E-state index contributed by atoms with van der Waals surface area (Å²) in [6, 6.07) is 8.88. The van der Waals surface area contributed by atoms with Crippen LogP contribution in [0.4, 0.5) is 0 Å². The van der Waals surface area contributed by atoms with Gasteiger partial charge in [0.25, 0.3) is 5.89 Å². The Morgan fingerprint density at radius 3 is 2.70 bits per heavy atom. The monoisotopic (exact) mass is 267 g/mol. The SMILES string of the molecule is Cc1cc(O)ccc1-c1nc(Cc2ccncc2)no1. The Hall–Kier alpha value is -2.69. The molecule has 3 rings (SSSR count). The molecule has 0 fully saturated rings. The minimum atomic E-state index is 0.225. The van der Waals surface area contributed by atoms with E-state index in [-0.39, 0.29) is 5.75 Å². The van der Waals surface area contributed by atoms with Crippen LogP contribution in [0.15, 0.2) is 47.2 Å². The van der Waals surface area contributed by atoms with Gasteiger partial charge in [-0.3, -0.25) is 4.98 Å². The van der Waals surface area contributed by atoms with Crippen LogP contribution in [0.2, 0.25) is 0 Å². The fourth-order valence-corrected chi connectivity index (χ4v) is 2.01. The van der Waals surface area contributed by atoms with Crippen LogP contribution in [-0.4, -0.2) is 20.2 Å². The number of aromatic hydroxyl groups is 1. The average molecular weight is 267 g/mol. The molecule has 5 heteroatoms. The van der Waals surface area contributed by atoms with Crippen molar-refractivity contribution >= 4 is 0 Å². The summed E-state index contributed by atoms with van der Waals surface area (Å²) in [5, 5.41) is 13.4. The minimum Gasteiger partial charge on any atom is -0.508 e. The highest BCUT2D eigenvalue weighted by Gasteiger charge is 2.11. The molecule has 1 aromatic carbocycles. The van der Waals surface area contributed by atoms with Gasteiger partial charge in [0, 0.05) is 24.4 Å². The van der Waals surface area contributed by atoms with E-state index in [1.807, 2.05) is 19.1 Å². The predicted octanol–water partition coefficient (Wildman–Crippen LogP) is 2.74. The number of aromatic nitrogens is 3. The average Bonchev–Trinajstić information content (AvgIpc) is 2.88. The Bertz CT molecular complexity index is 723. The molecule has 2 heterocycles. The van der Waals surface area contributed by atoms with E-state index in [2.05, 4.69) is 15.1 Å². The van der Waals surface area contributed by atoms with E-state index < -0.39 is 0 Å². The number of aryl methyl sites for hydroxylation is 1. The van der Waals surface area contributed by atoms with Crippen molar-refractivity contribution in [1.29, 1.82) is 0 Å². The number of rotatable bonds is 3. The second-order valence-corrected chi connectivity index (χ2v) is 4.55. The normalized spacial score (nSPS) is 10.7. The van der Waals surface area contributed by atoms with Crippen molar-refractivity contribution in [2.45, 2.75) is 13.3 Å². The van der Waals surface area contributed by atoms with E-state index in [9.17, 15) is 5.11 Å². The zero-order chi connectivity index (χ0) is 13.9. The third kappa shape index (κ3) is 2.51. The summed E-state index contributed by atoms with van der Waals surface area (Å²) in [5.74, 6) is 1.31. The summed E-state index contributed by atoms with van der Waals surface area (Å²) in [7, 11) is 0. The molecule has 1 N–H and O–H groups in total. The molecule has 0 aliphatic heterocycles. The lowest BCUT2D eigenvalue weighted by Crippen LogP contribution is -1.91. The van der Waals surface area contributed by atoms with Crippen molar-refractivity contribution in [3.63, 3.8) is 0 Å². The lowest BCUT2D eigenvalue weighted by atomic mass is 10.1. The Morgan fingerprint density at radius 1 is 1.15 bits per heavy atom. The number of nitrogens with zero attached hydrogens (tertiary/aromatic N) is 3. The van der Waals surface area contributed by atoms with Crippen LogP contribution < -0.4 is 0 Å². The van der Waals surface area contributed by atoms with Gasteiger partial charge in [-0.05, 0) is 48.4 Å². The minimum absolute atomic E-state index is 0.225. The second-order valence-electron chi connectivity index (χ2n) is 4.55. The van der Waals surface area contributed by atoms with Crippen LogP contribution in [-0.2, 0) is 6.42 Å². The summed E-state index contributed by atoms with van der Waals surface area (Å²) in [6.07, 6.45) is 4.07. The number of phenols is 1. The molecule has 0 unspecified atom stereocenters. The summed E-state index contributed by atoms with van der Waals surface area (Å²) < 4.78 is 5.29. The van der Waals surface area contributed by atoms with E-state index in [1.165, 1.54) is 0 Å². The van der Waals surface area contributed by atoms with Gasteiger partial charge in [0.1, 0.15) is 5.75 Å². The van der Waals surface area contributed by atoms with Crippen LogP contribution in [0.3, 0.4) is 0 Å². The molecule has 2 aromatic heterocycles. The van der Waals surface area contributed by atoms with Gasteiger partial charge in [-0.15, -0.1) is 0 Å². The molecule has 0 saturated carbocycles. The largest absolute Gasteiger partial charge is 0.508 e. The number of phenolic OH excluding ortho intramolecular Hbond substituents is 1. The van der Waals surface area contributed by atoms with Crippen LogP contribution >= 0.6 is 0 Å². The van der Waals surface area contributed by atoms with Crippen LogP contribution in [0.5, 0.6) is 5.75 Å². The van der Waals surface area contributed by atoms with E-state index >= 15 is 0 Å². The molecule has 3 aromatic rings. The maximum absolute atomic E-state index is 9.41. The maximum Gasteiger partial charge on any atom is 0.258 e. The maximum atomic E-state index is 9.41. The molecule has 100 valence electrons. The number of benzene rings is 1. The first-order valence-corrected chi connectivity index (χ1v) is 6.24. The van der Waals surface area contributed by atoms with Crippen LogP contribution in [0, 0.1) is 6.92 Å². The molecule has 20 heavy (non-hydrogen) atoms. The molecule has 0 radical (unpaired) electrons. The first-order chi connectivity index (χ1) is 9.72. The molecule has 0 aliphatic carbocycles. The molecule has 0 amide bonds. The summed E-state index contributed by atoms with van der Waals surface area (Å²) in [6.45, 7) is 1.89. The third-order valence-electron chi connectivity index (χ3n) is 3.02. The van der Waals surface area contributed by atoms with Gasteiger partial charge in [0.2, 0.25) is 0 Å². The van der Waals surface area contributed by atoms with Gasteiger partial charge >= 0.3 is 0 Å². The van der Waals surface area contributed by atoms with Gasteiger partial charge in [-0.25, -0.2) is 0 Å². The Morgan fingerprint density at radius 2 is 1.95 bits per heavy atom. The van der Waals surface area contributed by atoms with E-state index in [1.54, 1.807) is 30.6 Å². The Labute approximate surface area is 115 Å². The third-order valence-corrected chi connectivity index (χ3v) is 3.02. The first-order valence-electron chi connectivity index (χ1n) is 6.24. The van der Waals surface area contributed by atoms with Gasteiger partial charge in [-0.1, -0.05) is 5.16 Å². The molecule has 0 bridgehead atoms. The first kappa shape index (κ1) is 12.3. The summed E-state index contributed by atoms with van der Waals surface area (Å²) >= 11 is 0. The highest BCUT2D eigenvalue weighted by Crippen LogP contribution is 2.25. The fraction of sp³-hybridized carbons (Fsp3) is 0.133. The molecule has 5 nitrogen and oxygen atoms in total. The summed E-state index contributed by atoms with van der Waals surface area (Å²) in [4.78, 5) is 8.36.